The van der Waals surface area contributed by atoms with Gasteiger partial charge >= 0.3 is 6.18 Å². The molecule has 2 aromatic rings. The van der Waals surface area contributed by atoms with Crippen LogP contribution in [0.3, 0.4) is 0 Å². The van der Waals surface area contributed by atoms with Crippen molar-refractivity contribution in [1.82, 2.24) is 9.97 Å². The zero-order valence-corrected chi connectivity index (χ0v) is 10.2. The molecule has 0 aliphatic rings. The number of H-pyrrole nitrogens is 1. The smallest absolute Gasteiger partial charge is 0.342 e. The average molecular weight is 275 g/mol. The Bertz CT molecular complexity index is 561. The molecule has 6 heteroatoms. The van der Waals surface area contributed by atoms with Gasteiger partial charge in [-0.2, -0.15) is 13.2 Å². The summed E-state index contributed by atoms with van der Waals surface area (Å²) in [5.41, 5.74) is 1.10. The molecule has 0 amide bonds. The van der Waals surface area contributed by atoms with Crippen molar-refractivity contribution in [3.63, 3.8) is 0 Å². The van der Waals surface area contributed by atoms with Gasteiger partial charge in [-0.3, -0.25) is 0 Å². The summed E-state index contributed by atoms with van der Waals surface area (Å²) in [5.74, 6) is 0.621. The Kier molecular flexibility index (Phi) is 3.34. The predicted molar refractivity (Wildman–Crippen MR) is 63.3 cm³/mol. The molecule has 0 radical (unpaired) electrons. The van der Waals surface area contributed by atoms with Gasteiger partial charge in [-0.25, -0.2) is 4.98 Å². The summed E-state index contributed by atoms with van der Waals surface area (Å²) in [6.45, 7) is 1.78. The van der Waals surface area contributed by atoms with Crippen molar-refractivity contribution in [2.45, 2.75) is 19.0 Å². The minimum absolute atomic E-state index is 0.224. The topological polar surface area (TPSA) is 28.7 Å². The molecule has 0 spiro atoms. The summed E-state index contributed by atoms with van der Waals surface area (Å²) in [6, 6.07) is 5.03. The summed E-state index contributed by atoms with van der Waals surface area (Å²) in [4.78, 5) is 7.09. The van der Waals surface area contributed by atoms with Gasteiger partial charge in [-0.1, -0.05) is 12.1 Å². The van der Waals surface area contributed by atoms with E-state index in [0.29, 0.717) is 17.1 Å². The lowest BCUT2D eigenvalue weighted by molar-refractivity contribution is -0.137. The molecule has 0 bridgehead atoms. The number of nitrogens with zero attached hydrogens (tertiary/aromatic N) is 1. The lowest BCUT2D eigenvalue weighted by atomic mass is 10.1. The molecule has 1 aromatic carbocycles. The van der Waals surface area contributed by atoms with Crippen molar-refractivity contribution in [3.8, 4) is 11.4 Å². The van der Waals surface area contributed by atoms with Gasteiger partial charge in [0.15, 0.2) is 0 Å². The van der Waals surface area contributed by atoms with Gasteiger partial charge in [0.2, 0.25) is 0 Å². The highest BCUT2D eigenvalue weighted by Gasteiger charge is 2.30. The minimum Gasteiger partial charge on any atom is -0.342 e. The third kappa shape index (κ3) is 2.51. The van der Waals surface area contributed by atoms with Crippen LogP contribution in [-0.4, -0.2) is 9.97 Å². The number of hydrogen-bond donors (Lipinski definition) is 1. The molecular weight excluding hydrogens is 265 g/mol. The molecule has 2 rings (SSSR count). The second kappa shape index (κ2) is 4.65. The van der Waals surface area contributed by atoms with Crippen LogP contribution < -0.4 is 0 Å². The number of nitrogens with one attached hydrogen (secondary N) is 1. The molecule has 0 unspecified atom stereocenters. The fourth-order valence-corrected chi connectivity index (χ4v) is 1.87. The van der Waals surface area contributed by atoms with E-state index < -0.39 is 11.7 Å². The third-order valence-corrected chi connectivity index (χ3v) is 2.83. The first-order valence-electron chi connectivity index (χ1n) is 5.21. The highest BCUT2D eigenvalue weighted by Crippen LogP contribution is 2.31. The number of aromatic amines is 1. The standard InChI is InChI=1S/C12H10ClF3N2/c1-7-10(6-13)18-11(17-7)8-3-2-4-9(5-8)12(14,15)16/h2-5H,6H2,1H3,(H,17,18). The summed E-state index contributed by atoms with van der Waals surface area (Å²) < 4.78 is 37.7. The molecular formula is C12H10ClF3N2. The van der Waals surface area contributed by atoms with E-state index in [2.05, 4.69) is 9.97 Å². The van der Waals surface area contributed by atoms with Gasteiger partial charge < -0.3 is 4.98 Å². The molecule has 0 fully saturated rings. The molecule has 0 saturated carbocycles. The van der Waals surface area contributed by atoms with Gasteiger partial charge in [0.25, 0.3) is 0 Å². The zero-order chi connectivity index (χ0) is 13.3. The van der Waals surface area contributed by atoms with Crippen molar-refractivity contribution in [1.29, 1.82) is 0 Å². The number of aryl methyl sites for hydroxylation is 1. The summed E-state index contributed by atoms with van der Waals surface area (Å²) in [5, 5.41) is 0. The second-order valence-corrected chi connectivity index (χ2v) is 4.14. The molecule has 2 nitrogen and oxygen atoms in total. The van der Waals surface area contributed by atoms with Crippen LogP contribution in [0.5, 0.6) is 0 Å². The highest BCUT2D eigenvalue weighted by atomic mass is 35.5. The summed E-state index contributed by atoms with van der Waals surface area (Å²) >= 11 is 5.67. The summed E-state index contributed by atoms with van der Waals surface area (Å²) in [6.07, 6.45) is -4.35. The molecule has 0 saturated heterocycles. The second-order valence-electron chi connectivity index (χ2n) is 3.87. The number of rotatable bonds is 2. The molecule has 1 N–H and O–H groups in total. The van der Waals surface area contributed by atoms with E-state index in [1.807, 2.05) is 0 Å². The first kappa shape index (κ1) is 13.0. The van der Waals surface area contributed by atoms with Crippen LogP contribution in [0.4, 0.5) is 13.2 Å². The van der Waals surface area contributed by atoms with Gasteiger partial charge in [0.05, 0.1) is 17.1 Å². The fraction of sp³-hybridized carbons (Fsp3) is 0.250. The van der Waals surface area contributed by atoms with Gasteiger partial charge in [0, 0.05) is 11.3 Å². The van der Waals surface area contributed by atoms with E-state index in [-0.39, 0.29) is 5.88 Å². The Morgan fingerprint density at radius 3 is 2.61 bits per heavy atom. The van der Waals surface area contributed by atoms with Crippen LogP contribution in [0.1, 0.15) is 17.0 Å². The van der Waals surface area contributed by atoms with Crippen molar-refractivity contribution in [3.05, 3.63) is 41.2 Å². The van der Waals surface area contributed by atoms with Crippen molar-refractivity contribution in [2.24, 2.45) is 0 Å². The number of benzene rings is 1. The summed E-state index contributed by atoms with van der Waals surface area (Å²) in [7, 11) is 0. The van der Waals surface area contributed by atoms with Crippen LogP contribution in [0.25, 0.3) is 11.4 Å². The maximum atomic E-state index is 12.6. The van der Waals surface area contributed by atoms with E-state index in [1.54, 1.807) is 13.0 Å². The fourth-order valence-electron chi connectivity index (χ4n) is 1.61. The maximum absolute atomic E-state index is 12.6. The largest absolute Gasteiger partial charge is 0.416 e. The van der Waals surface area contributed by atoms with E-state index in [9.17, 15) is 13.2 Å². The average Bonchev–Trinajstić information content (AvgIpc) is 2.70. The molecule has 1 heterocycles. The molecule has 0 aliphatic heterocycles. The number of aromatic nitrogens is 2. The van der Waals surface area contributed by atoms with Crippen LogP contribution in [0, 0.1) is 6.92 Å². The van der Waals surface area contributed by atoms with Crippen LogP contribution >= 0.6 is 11.6 Å². The monoisotopic (exact) mass is 274 g/mol. The number of alkyl halides is 4. The number of imidazole rings is 1. The van der Waals surface area contributed by atoms with Gasteiger partial charge in [0.1, 0.15) is 5.82 Å². The van der Waals surface area contributed by atoms with Gasteiger partial charge in [-0.05, 0) is 19.1 Å². The molecule has 0 aliphatic carbocycles. The molecule has 1 aromatic heterocycles. The van der Waals surface area contributed by atoms with Crippen LogP contribution in [0.15, 0.2) is 24.3 Å². The molecule has 18 heavy (non-hydrogen) atoms. The Labute approximate surface area is 107 Å². The van der Waals surface area contributed by atoms with Crippen LogP contribution in [-0.2, 0) is 12.1 Å². The van der Waals surface area contributed by atoms with E-state index in [0.717, 1.165) is 17.8 Å². The molecule has 0 atom stereocenters. The first-order valence-corrected chi connectivity index (χ1v) is 5.74. The van der Waals surface area contributed by atoms with E-state index in [1.165, 1.54) is 6.07 Å². The maximum Gasteiger partial charge on any atom is 0.416 e. The lowest BCUT2D eigenvalue weighted by Gasteiger charge is -2.07. The zero-order valence-electron chi connectivity index (χ0n) is 9.48. The third-order valence-electron chi connectivity index (χ3n) is 2.58. The van der Waals surface area contributed by atoms with Crippen LogP contribution in [0.2, 0.25) is 0 Å². The Hall–Kier alpha value is -1.49. The Balaban J connectivity index is 2.44. The quantitative estimate of drug-likeness (QED) is 0.819. The van der Waals surface area contributed by atoms with Gasteiger partial charge in [-0.15, -0.1) is 11.6 Å². The lowest BCUT2D eigenvalue weighted by Crippen LogP contribution is -2.04. The number of hydrogen-bond acceptors (Lipinski definition) is 1. The Morgan fingerprint density at radius 1 is 1.33 bits per heavy atom. The Morgan fingerprint density at radius 2 is 2.06 bits per heavy atom. The normalized spacial score (nSPS) is 11.8. The number of halogens is 4. The van der Waals surface area contributed by atoms with Crippen molar-refractivity contribution < 1.29 is 13.2 Å². The molecule has 96 valence electrons. The first-order chi connectivity index (χ1) is 8.41. The van der Waals surface area contributed by atoms with E-state index in [4.69, 9.17) is 11.6 Å². The highest BCUT2D eigenvalue weighted by molar-refractivity contribution is 6.17. The SMILES string of the molecule is Cc1[nH]c(-c2cccc(C(F)(F)F)c2)nc1CCl. The predicted octanol–water partition coefficient (Wildman–Crippen LogP) is 4.14. The van der Waals surface area contributed by atoms with E-state index >= 15 is 0 Å². The minimum atomic E-state index is -4.35. The van der Waals surface area contributed by atoms with Crippen molar-refractivity contribution in [2.75, 3.05) is 0 Å². The van der Waals surface area contributed by atoms with Crippen molar-refractivity contribution >= 4 is 11.6 Å².